The van der Waals surface area contributed by atoms with Crippen LogP contribution < -0.4 is 0 Å². The second kappa shape index (κ2) is 4.49. The molecule has 0 amide bonds. The summed E-state index contributed by atoms with van der Waals surface area (Å²) in [5.74, 6) is 0.471. The molecule has 0 atom stereocenters. The second-order valence-corrected chi connectivity index (χ2v) is 3.70. The maximum Gasteiger partial charge on any atom is 0.0950 e. The van der Waals surface area contributed by atoms with Crippen molar-refractivity contribution in [3.05, 3.63) is 36.2 Å². The summed E-state index contributed by atoms with van der Waals surface area (Å²) in [6, 6.07) is 2.03. The van der Waals surface area contributed by atoms with Gasteiger partial charge in [0.1, 0.15) is 0 Å². The van der Waals surface area contributed by atoms with Gasteiger partial charge in [0.05, 0.1) is 17.9 Å². The van der Waals surface area contributed by atoms with Crippen LogP contribution in [0.25, 0.3) is 0 Å². The summed E-state index contributed by atoms with van der Waals surface area (Å²) in [5, 5.41) is 4.12. The molecule has 0 saturated heterocycles. The Balaban J connectivity index is 1.96. The lowest BCUT2D eigenvalue weighted by Gasteiger charge is -2.02. The topological polar surface area (TPSA) is 35.6 Å². The molecule has 5 heteroatoms. The average molecular weight is 225 g/mol. The average Bonchev–Trinajstić information content (AvgIpc) is 2.84. The van der Waals surface area contributed by atoms with Crippen molar-refractivity contribution in [2.45, 2.75) is 18.8 Å². The van der Waals surface area contributed by atoms with Gasteiger partial charge >= 0.3 is 0 Å². The van der Waals surface area contributed by atoms with Gasteiger partial charge in [-0.05, 0) is 6.07 Å². The van der Waals surface area contributed by atoms with Crippen LogP contribution in [0.4, 0.5) is 0 Å². The van der Waals surface area contributed by atoms with E-state index in [1.807, 2.05) is 41.1 Å². The van der Waals surface area contributed by atoms with Crippen molar-refractivity contribution in [3.8, 4) is 0 Å². The normalized spacial score (nSPS) is 10.8. The molecule has 2 rings (SSSR count). The molecule has 4 nitrogen and oxygen atoms in total. The zero-order chi connectivity index (χ0) is 10.7. The Morgan fingerprint density at radius 1 is 1.47 bits per heavy atom. The molecule has 0 unspecified atom stereocenters. The number of hydrogen-bond acceptors (Lipinski definition) is 2. The van der Waals surface area contributed by atoms with Crippen LogP contribution in [0, 0.1) is 0 Å². The fourth-order valence-corrected chi connectivity index (χ4v) is 1.63. The lowest BCUT2D eigenvalue weighted by atomic mass is 10.3. The van der Waals surface area contributed by atoms with Gasteiger partial charge in [0.15, 0.2) is 0 Å². The van der Waals surface area contributed by atoms with Crippen LogP contribution in [0.3, 0.4) is 0 Å². The van der Waals surface area contributed by atoms with E-state index in [-0.39, 0.29) is 0 Å². The Kier molecular flexibility index (Phi) is 3.06. The van der Waals surface area contributed by atoms with Gasteiger partial charge < -0.3 is 4.57 Å². The highest BCUT2D eigenvalue weighted by Crippen LogP contribution is 2.03. The largest absolute Gasteiger partial charge is 0.337 e. The SMILES string of the molecule is Cn1nccc1CCn1cnc(CCl)c1. The fraction of sp³-hybridized carbons (Fsp3) is 0.400. The van der Waals surface area contributed by atoms with Gasteiger partial charge in [-0.25, -0.2) is 4.98 Å². The quantitative estimate of drug-likeness (QED) is 0.740. The van der Waals surface area contributed by atoms with Crippen molar-refractivity contribution in [2.75, 3.05) is 0 Å². The van der Waals surface area contributed by atoms with E-state index in [4.69, 9.17) is 11.6 Å². The van der Waals surface area contributed by atoms with E-state index in [1.165, 1.54) is 5.69 Å². The number of imidazole rings is 1. The number of hydrogen-bond donors (Lipinski definition) is 0. The first kappa shape index (κ1) is 10.2. The third-order valence-corrected chi connectivity index (χ3v) is 2.65. The molecule has 0 saturated carbocycles. The zero-order valence-electron chi connectivity index (χ0n) is 8.60. The van der Waals surface area contributed by atoms with Crippen LogP contribution in [0.5, 0.6) is 0 Å². The van der Waals surface area contributed by atoms with E-state index < -0.39 is 0 Å². The monoisotopic (exact) mass is 224 g/mol. The van der Waals surface area contributed by atoms with Crippen LogP contribution in [-0.2, 0) is 25.9 Å². The van der Waals surface area contributed by atoms with Crippen LogP contribution in [-0.4, -0.2) is 19.3 Å². The van der Waals surface area contributed by atoms with Crippen molar-refractivity contribution in [1.29, 1.82) is 0 Å². The number of halogens is 1. The molecular formula is C10H13ClN4. The highest BCUT2D eigenvalue weighted by atomic mass is 35.5. The predicted octanol–water partition coefficient (Wildman–Crippen LogP) is 1.60. The van der Waals surface area contributed by atoms with E-state index in [0.29, 0.717) is 5.88 Å². The first-order valence-electron chi connectivity index (χ1n) is 4.83. The molecule has 2 heterocycles. The van der Waals surface area contributed by atoms with Gasteiger partial charge in [0, 0.05) is 38.1 Å². The Bertz CT molecular complexity index is 432. The minimum absolute atomic E-state index is 0.471. The maximum absolute atomic E-state index is 5.68. The number of nitrogens with zero attached hydrogens (tertiary/aromatic N) is 4. The second-order valence-electron chi connectivity index (χ2n) is 3.43. The van der Waals surface area contributed by atoms with Crippen LogP contribution in [0.1, 0.15) is 11.4 Å². The number of rotatable bonds is 4. The smallest absolute Gasteiger partial charge is 0.0950 e. The molecule has 80 valence electrons. The summed E-state index contributed by atoms with van der Waals surface area (Å²) < 4.78 is 3.93. The van der Waals surface area contributed by atoms with Crippen molar-refractivity contribution >= 4 is 11.6 Å². The van der Waals surface area contributed by atoms with Crippen molar-refractivity contribution in [3.63, 3.8) is 0 Å². The molecule has 0 radical (unpaired) electrons. The molecule has 0 aliphatic rings. The van der Waals surface area contributed by atoms with E-state index in [1.54, 1.807) is 0 Å². The molecule has 0 fully saturated rings. The highest BCUT2D eigenvalue weighted by Gasteiger charge is 2.00. The maximum atomic E-state index is 5.68. The van der Waals surface area contributed by atoms with E-state index in [9.17, 15) is 0 Å². The van der Waals surface area contributed by atoms with Crippen LogP contribution in [0.15, 0.2) is 24.8 Å². The Hall–Kier alpha value is -1.29. The minimum atomic E-state index is 0.471. The lowest BCUT2D eigenvalue weighted by molar-refractivity contribution is 0.636. The summed E-state index contributed by atoms with van der Waals surface area (Å²) in [7, 11) is 1.95. The molecule has 0 N–H and O–H groups in total. The first-order valence-corrected chi connectivity index (χ1v) is 5.36. The lowest BCUT2D eigenvalue weighted by Crippen LogP contribution is -2.03. The molecule has 0 aliphatic heterocycles. The van der Waals surface area contributed by atoms with Gasteiger partial charge in [0.2, 0.25) is 0 Å². The number of alkyl halides is 1. The van der Waals surface area contributed by atoms with E-state index in [2.05, 4.69) is 10.1 Å². The van der Waals surface area contributed by atoms with Gasteiger partial charge in [-0.2, -0.15) is 5.10 Å². The van der Waals surface area contributed by atoms with Gasteiger partial charge in [0.25, 0.3) is 0 Å². The molecule has 0 spiro atoms. The Morgan fingerprint density at radius 2 is 2.33 bits per heavy atom. The first-order chi connectivity index (χ1) is 7.29. The summed E-state index contributed by atoms with van der Waals surface area (Å²) in [6.07, 6.45) is 6.56. The summed E-state index contributed by atoms with van der Waals surface area (Å²) in [5.41, 5.74) is 2.14. The van der Waals surface area contributed by atoms with Gasteiger partial charge in [-0.1, -0.05) is 0 Å². The predicted molar refractivity (Wildman–Crippen MR) is 58.7 cm³/mol. The van der Waals surface area contributed by atoms with Crippen LogP contribution in [0.2, 0.25) is 0 Å². The molecule has 15 heavy (non-hydrogen) atoms. The molecule has 0 aliphatic carbocycles. The molecule has 2 aromatic heterocycles. The van der Waals surface area contributed by atoms with Gasteiger partial charge in [-0.3, -0.25) is 4.68 Å². The number of aryl methyl sites for hydroxylation is 3. The Morgan fingerprint density at radius 3 is 2.93 bits per heavy atom. The van der Waals surface area contributed by atoms with E-state index >= 15 is 0 Å². The Labute approximate surface area is 93.5 Å². The standard InChI is InChI=1S/C10H13ClN4/c1-14-10(2-4-13-14)3-5-15-7-9(6-11)12-8-15/h2,4,7-8H,3,5-6H2,1H3. The van der Waals surface area contributed by atoms with Crippen LogP contribution >= 0.6 is 11.6 Å². The molecular weight excluding hydrogens is 212 g/mol. The third kappa shape index (κ3) is 2.39. The summed E-state index contributed by atoms with van der Waals surface area (Å²) >= 11 is 5.68. The number of aromatic nitrogens is 4. The molecule has 0 aromatic carbocycles. The zero-order valence-corrected chi connectivity index (χ0v) is 9.35. The highest BCUT2D eigenvalue weighted by molar-refractivity contribution is 6.16. The van der Waals surface area contributed by atoms with Crippen molar-refractivity contribution < 1.29 is 0 Å². The molecule has 0 bridgehead atoms. The van der Waals surface area contributed by atoms with E-state index in [0.717, 1.165) is 18.7 Å². The van der Waals surface area contributed by atoms with Crippen molar-refractivity contribution in [1.82, 2.24) is 19.3 Å². The van der Waals surface area contributed by atoms with Crippen molar-refractivity contribution in [2.24, 2.45) is 7.05 Å². The summed E-state index contributed by atoms with van der Waals surface area (Å²) in [4.78, 5) is 4.17. The minimum Gasteiger partial charge on any atom is -0.337 e. The summed E-state index contributed by atoms with van der Waals surface area (Å²) in [6.45, 7) is 0.906. The third-order valence-electron chi connectivity index (χ3n) is 2.37. The van der Waals surface area contributed by atoms with Gasteiger partial charge in [-0.15, -0.1) is 11.6 Å². The molecule has 2 aromatic rings. The fourth-order valence-electron chi connectivity index (χ4n) is 1.49.